The first-order chi connectivity index (χ1) is 8.16. The highest BCUT2D eigenvalue weighted by atomic mass is 19.4. The van der Waals surface area contributed by atoms with Crippen LogP contribution in [0.25, 0.3) is 0 Å². The molecule has 1 aromatic rings. The van der Waals surface area contributed by atoms with E-state index in [2.05, 4.69) is 0 Å². The largest absolute Gasteiger partial charge is 0.416 e. The molecular weight excluding hydrogens is 257 g/mol. The molecular formula is C11H10F5NO. The molecule has 1 aromatic carbocycles. The van der Waals surface area contributed by atoms with Crippen LogP contribution >= 0.6 is 0 Å². The Morgan fingerprint density at radius 3 is 2.00 bits per heavy atom. The number of amides is 1. The Morgan fingerprint density at radius 1 is 1.11 bits per heavy atom. The molecule has 0 bridgehead atoms. The van der Waals surface area contributed by atoms with Crippen LogP contribution in [0.5, 0.6) is 0 Å². The number of halogens is 5. The molecule has 0 aliphatic rings. The molecule has 2 nitrogen and oxygen atoms in total. The van der Waals surface area contributed by atoms with Crippen molar-refractivity contribution in [1.29, 1.82) is 0 Å². The minimum Gasteiger partial charge on any atom is -0.321 e. The summed E-state index contributed by atoms with van der Waals surface area (Å²) in [6.07, 6.45) is -5.19. The second-order valence-corrected chi connectivity index (χ2v) is 3.59. The zero-order valence-corrected chi connectivity index (χ0v) is 9.31. The van der Waals surface area contributed by atoms with Crippen LogP contribution in [-0.2, 0) is 11.0 Å². The van der Waals surface area contributed by atoms with E-state index >= 15 is 0 Å². The molecule has 0 aliphatic heterocycles. The first kappa shape index (κ1) is 14.4. The van der Waals surface area contributed by atoms with E-state index in [0.29, 0.717) is 12.1 Å². The van der Waals surface area contributed by atoms with Gasteiger partial charge < -0.3 is 5.32 Å². The Morgan fingerprint density at radius 2 is 1.61 bits per heavy atom. The summed E-state index contributed by atoms with van der Waals surface area (Å²) in [7, 11) is 0. The van der Waals surface area contributed by atoms with Gasteiger partial charge in [0.05, 0.1) is 5.56 Å². The van der Waals surface area contributed by atoms with Crippen molar-refractivity contribution in [3.05, 3.63) is 29.8 Å². The van der Waals surface area contributed by atoms with E-state index < -0.39 is 30.0 Å². The van der Waals surface area contributed by atoms with E-state index in [4.69, 9.17) is 0 Å². The van der Waals surface area contributed by atoms with Crippen molar-refractivity contribution in [3.63, 3.8) is 0 Å². The third-order valence-corrected chi connectivity index (χ3v) is 2.25. The Hall–Kier alpha value is -1.66. The van der Waals surface area contributed by atoms with Crippen molar-refractivity contribution in [2.45, 2.75) is 25.4 Å². The van der Waals surface area contributed by atoms with Crippen molar-refractivity contribution in [1.82, 2.24) is 0 Å². The standard InChI is InChI=1S/C11H10F5NO/c1-2-10(12,13)9(18)17-8-5-3-7(4-6-8)11(14,15)16/h3-6H,2H2,1H3,(H,17,18). The smallest absolute Gasteiger partial charge is 0.321 e. The molecule has 100 valence electrons. The predicted octanol–water partition coefficient (Wildman–Crippen LogP) is 3.69. The van der Waals surface area contributed by atoms with Gasteiger partial charge in [-0.15, -0.1) is 0 Å². The number of carbonyl (C=O) groups is 1. The Bertz CT molecular complexity index is 424. The Labute approximate surface area is 99.8 Å². The molecule has 0 aliphatic carbocycles. The number of nitrogens with one attached hydrogen (secondary N) is 1. The lowest BCUT2D eigenvalue weighted by atomic mass is 10.2. The molecule has 18 heavy (non-hydrogen) atoms. The molecule has 1 N–H and O–H groups in total. The van der Waals surface area contributed by atoms with Crippen molar-refractivity contribution in [2.24, 2.45) is 0 Å². The summed E-state index contributed by atoms with van der Waals surface area (Å²) in [5.41, 5.74) is -1.02. The number of hydrogen-bond acceptors (Lipinski definition) is 1. The van der Waals surface area contributed by atoms with Gasteiger partial charge in [-0.25, -0.2) is 0 Å². The van der Waals surface area contributed by atoms with Crippen LogP contribution in [0.1, 0.15) is 18.9 Å². The molecule has 1 amide bonds. The van der Waals surface area contributed by atoms with Crippen LogP contribution < -0.4 is 5.32 Å². The number of carbonyl (C=O) groups excluding carboxylic acids is 1. The molecule has 1 rings (SSSR count). The maximum absolute atomic E-state index is 12.9. The molecule has 0 unspecified atom stereocenters. The molecule has 0 fully saturated rings. The van der Waals surface area contributed by atoms with E-state index in [1.165, 1.54) is 0 Å². The van der Waals surface area contributed by atoms with Gasteiger partial charge in [0.15, 0.2) is 0 Å². The predicted molar refractivity (Wildman–Crippen MR) is 55.3 cm³/mol. The SMILES string of the molecule is CCC(F)(F)C(=O)Nc1ccc(C(F)(F)F)cc1. The zero-order chi connectivity index (χ0) is 14.0. The number of alkyl halides is 5. The summed E-state index contributed by atoms with van der Waals surface area (Å²) in [6.45, 7) is 1.13. The number of hydrogen-bond donors (Lipinski definition) is 1. The van der Waals surface area contributed by atoms with Crippen LogP contribution in [0.3, 0.4) is 0 Å². The van der Waals surface area contributed by atoms with E-state index in [0.717, 1.165) is 19.1 Å². The van der Waals surface area contributed by atoms with Gasteiger partial charge >= 0.3 is 12.1 Å². The molecule has 0 heterocycles. The lowest BCUT2D eigenvalue weighted by molar-refractivity contribution is -0.139. The fraction of sp³-hybridized carbons (Fsp3) is 0.364. The summed E-state index contributed by atoms with van der Waals surface area (Å²) >= 11 is 0. The van der Waals surface area contributed by atoms with Crippen LogP contribution in [0, 0.1) is 0 Å². The molecule has 0 spiro atoms. The monoisotopic (exact) mass is 267 g/mol. The van der Waals surface area contributed by atoms with E-state index in [-0.39, 0.29) is 5.69 Å². The van der Waals surface area contributed by atoms with E-state index in [1.807, 2.05) is 5.32 Å². The molecule has 7 heteroatoms. The van der Waals surface area contributed by atoms with Gasteiger partial charge in [-0.2, -0.15) is 22.0 Å². The van der Waals surface area contributed by atoms with E-state index in [9.17, 15) is 26.7 Å². The summed E-state index contributed by atoms with van der Waals surface area (Å²) in [5.74, 6) is -5.08. The highest BCUT2D eigenvalue weighted by Gasteiger charge is 2.36. The average molecular weight is 267 g/mol. The van der Waals surface area contributed by atoms with E-state index in [1.54, 1.807) is 0 Å². The lowest BCUT2D eigenvalue weighted by Crippen LogP contribution is -2.33. The zero-order valence-electron chi connectivity index (χ0n) is 9.31. The maximum atomic E-state index is 12.9. The van der Waals surface area contributed by atoms with Gasteiger partial charge in [0, 0.05) is 12.1 Å². The normalized spacial score (nSPS) is 12.3. The molecule has 0 radical (unpaired) electrons. The van der Waals surface area contributed by atoms with Crippen LogP contribution in [-0.4, -0.2) is 11.8 Å². The topological polar surface area (TPSA) is 29.1 Å². The van der Waals surface area contributed by atoms with Gasteiger partial charge in [-0.05, 0) is 24.3 Å². The summed E-state index contributed by atoms with van der Waals surface area (Å²) < 4.78 is 62.5. The highest BCUT2D eigenvalue weighted by Crippen LogP contribution is 2.30. The van der Waals surface area contributed by atoms with Crippen LogP contribution in [0.2, 0.25) is 0 Å². The lowest BCUT2D eigenvalue weighted by Gasteiger charge is -2.14. The quantitative estimate of drug-likeness (QED) is 0.831. The van der Waals surface area contributed by atoms with Crippen molar-refractivity contribution >= 4 is 11.6 Å². The van der Waals surface area contributed by atoms with Crippen LogP contribution in [0.15, 0.2) is 24.3 Å². The Balaban J connectivity index is 2.79. The molecule has 0 saturated heterocycles. The molecule has 0 saturated carbocycles. The summed E-state index contributed by atoms with van der Waals surface area (Å²) in [5, 5.41) is 1.86. The third-order valence-electron chi connectivity index (χ3n) is 2.25. The first-order valence-corrected chi connectivity index (χ1v) is 5.03. The fourth-order valence-corrected chi connectivity index (χ4v) is 1.13. The van der Waals surface area contributed by atoms with Crippen LogP contribution in [0.4, 0.5) is 27.6 Å². The van der Waals surface area contributed by atoms with Gasteiger partial charge in [0.1, 0.15) is 0 Å². The van der Waals surface area contributed by atoms with Gasteiger partial charge in [0.25, 0.3) is 5.91 Å². The summed E-state index contributed by atoms with van der Waals surface area (Å²) in [4.78, 5) is 11.1. The maximum Gasteiger partial charge on any atom is 0.416 e. The van der Waals surface area contributed by atoms with Gasteiger partial charge in [-0.1, -0.05) is 6.92 Å². The molecule has 0 aromatic heterocycles. The third kappa shape index (κ3) is 3.41. The number of anilines is 1. The second-order valence-electron chi connectivity index (χ2n) is 3.59. The molecule has 0 atom stereocenters. The minimum atomic E-state index is -4.50. The average Bonchev–Trinajstić information content (AvgIpc) is 2.28. The number of benzene rings is 1. The number of rotatable bonds is 3. The van der Waals surface area contributed by atoms with Crippen molar-refractivity contribution in [2.75, 3.05) is 5.32 Å². The fourth-order valence-electron chi connectivity index (χ4n) is 1.13. The minimum absolute atomic E-state index is 0.110. The second kappa shape index (κ2) is 4.91. The highest BCUT2D eigenvalue weighted by molar-refractivity contribution is 5.95. The first-order valence-electron chi connectivity index (χ1n) is 5.03. The van der Waals surface area contributed by atoms with Crippen molar-refractivity contribution in [3.8, 4) is 0 Å². The Kier molecular flexibility index (Phi) is 3.93. The van der Waals surface area contributed by atoms with Gasteiger partial charge in [0.2, 0.25) is 0 Å². The van der Waals surface area contributed by atoms with Crippen molar-refractivity contribution < 1.29 is 26.7 Å². The summed E-state index contributed by atoms with van der Waals surface area (Å²) in [6, 6.07) is 3.26. The van der Waals surface area contributed by atoms with Gasteiger partial charge in [-0.3, -0.25) is 4.79 Å².